The molecule has 0 aliphatic rings. The first kappa shape index (κ1) is 8.99. The standard InChI is InChI=1S/C8H6BrClN2O/c9-5-1-2-7-11-6(4-13)8(10)12(7)3-5/h1-3,13H,4H2. The van der Waals surface area contributed by atoms with Crippen LogP contribution >= 0.6 is 27.5 Å². The molecule has 0 saturated heterocycles. The highest BCUT2D eigenvalue weighted by molar-refractivity contribution is 9.10. The smallest absolute Gasteiger partial charge is 0.138 e. The van der Waals surface area contributed by atoms with E-state index in [0.717, 1.165) is 10.1 Å². The van der Waals surface area contributed by atoms with Crippen LogP contribution in [0.4, 0.5) is 0 Å². The summed E-state index contributed by atoms with van der Waals surface area (Å²) in [6, 6.07) is 3.70. The fourth-order valence-electron chi connectivity index (χ4n) is 1.14. The molecule has 2 aromatic rings. The van der Waals surface area contributed by atoms with E-state index in [1.165, 1.54) is 0 Å². The highest BCUT2D eigenvalue weighted by Crippen LogP contribution is 2.20. The number of rotatable bonds is 1. The number of halogens is 2. The number of nitrogens with zero attached hydrogens (tertiary/aromatic N) is 2. The summed E-state index contributed by atoms with van der Waals surface area (Å²) < 4.78 is 2.64. The predicted octanol–water partition coefficient (Wildman–Crippen LogP) is 2.24. The third-order valence-electron chi connectivity index (χ3n) is 1.74. The van der Waals surface area contributed by atoms with E-state index in [2.05, 4.69) is 20.9 Å². The summed E-state index contributed by atoms with van der Waals surface area (Å²) in [5.41, 5.74) is 1.23. The van der Waals surface area contributed by atoms with Gasteiger partial charge in [0.25, 0.3) is 0 Å². The number of aliphatic hydroxyl groups excluding tert-OH is 1. The van der Waals surface area contributed by atoms with Crippen molar-refractivity contribution in [1.29, 1.82) is 0 Å². The normalized spacial score (nSPS) is 11.0. The molecule has 2 rings (SSSR count). The lowest BCUT2D eigenvalue weighted by atomic mass is 10.5. The molecule has 0 spiro atoms. The van der Waals surface area contributed by atoms with Gasteiger partial charge >= 0.3 is 0 Å². The average molecular weight is 262 g/mol. The Kier molecular flexibility index (Phi) is 2.27. The Morgan fingerprint density at radius 3 is 3.00 bits per heavy atom. The first-order valence-corrected chi connectivity index (χ1v) is 4.82. The molecular weight excluding hydrogens is 255 g/mol. The number of aliphatic hydroxyl groups is 1. The zero-order valence-electron chi connectivity index (χ0n) is 6.54. The van der Waals surface area contributed by atoms with Gasteiger partial charge in [-0.2, -0.15) is 0 Å². The quantitative estimate of drug-likeness (QED) is 0.855. The third-order valence-corrected chi connectivity index (χ3v) is 2.61. The molecule has 0 saturated carbocycles. The van der Waals surface area contributed by atoms with Crippen molar-refractivity contribution < 1.29 is 5.11 Å². The van der Waals surface area contributed by atoms with Gasteiger partial charge < -0.3 is 5.11 Å². The molecule has 0 aromatic carbocycles. The molecule has 3 nitrogen and oxygen atoms in total. The maximum Gasteiger partial charge on any atom is 0.138 e. The van der Waals surface area contributed by atoms with Gasteiger partial charge in [0.1, 0.15) is 16.5 Å². The lowest BCUT2D eigenvalue weighted by Gasteiger charge is -1.94. The Morgan fingerprint density at radius 2 is 2.31 bits per heavy atom. The van der Waals surface area contributed by atoms with Crippen molar-refractivity contribution in [2.24, 2.45) is 0 Å². The van der Waals surface area contributed by atoms with Gasteiger partial charge in [0.15, 0.2) is 0 Å². The highest BCUT2D eigenvalue weighted by atomic mass is 79.9. The van der Waals surface area contributed by atoms with Crippen molar-refractivity contribution >= 4 is 33.2 Å². The number of pyridine rings is 1. The summed E-state index contributed by atoms with van der Waals surface area (Å²) >= 11 is 9.28. The molecule has 0 fully saturated rings. The van der Waals surface area contributed by atoms with Crippen LogP contribution in [0.1, 0.15) is 5.69 Å². The summed E-state index contributed by atoms with van der Waals surface area (Å²) in [5, 5.41) is 9.37. The van der Waals surface area contributed by atoms with E-state index in [-0.39, 0.29) is 6.61 Å². The molecule has 0 aliphatic carbocycles. The average Bonchev–Trinajstić information content (AvgIpc) is 2.44. The van der Waals surface area contributed by atoms with E-state index in [4.69, 9.17) is 16.7 Å². The fourth-order valence-corrected chi connectivity index (χ4v) is 1.71. The van der Waals surface area contributed by atoms with E-state index in [0.29, 0.717) is 10.8 Å². The molecule has 0 radical (unpaired) electrons. The van der Waals surface area contributed by atoms with Crippen molar-refractivity contribution in [3.8, 4) is 0 Å². The Labute approximate surface area is 88.1 Å². The van der Waals surface area contributed by atoms with Gasteiger partial charge in [-0.1, -0.05) is 11.6 Å². The highest BCUT2D eigenvalue weighted by Gasteiger charge is 2.08. The molecule has 1 N–H and O–H groups in total. The van der Waals surface area contributed by atoms with Crippen LogP contribution < -0.4 is 0 Å². The number of fused-ring (bicyclic) bond motifs is 1. The summed E-state index contributed by atoms with van der Waals surface area (Å²) in [4.78, 5) is 4.13. The van der Waals surface area contributed by atoms with Gasteiger partial charge in [0.05, 0.1) is 6.61 Å². The van der Waals surface area contributed by atoms with Crippen LogP contribution in [-0.2, 0) is 6.61 Å². The van der Waals surface area contributed by atoms with Crippen LogP contribution in [0, 0.1) is 0 Å². The molecule has 68 valence electrons. The lowest BCUT2D eigenvalue weighted by Crippen LogP contribution is -1.84. The van der Waals surface area contributed by atoms with Gasteiger partial charge in [0, 0.05) is 10.7 Å². The van der Waals surface area contributed by atoms with Gasteiger partial charge in [-0.25, -0.2) is 4.98 Å². The Bertz CT molecular complexity index is 455. The van der Waals surface area contributed by atoms with Crippen molar-refractivity contribution in [2.45, 2.75) is 6.61 Å². The molecular formula is C8H6BrClN2O. The second-order valence-electron chi connectivity index (χ2n) is 2.58. The molecule has 5 heteroatoms. The third kappa shape index (κ3) is 1.45. The lowest BCUT2D eigenvalue weighted by molar-refractivity contribution is 0.277. The van der Waals surface area contributed by atoms with Crippen molar-refractivity contribution in [1.82, 2.24) is 9.38 Å². The van der Waals surface area contributed by atoms with Gasteiger partial charge in [0.2, 0.25) is 0 Å². The van der Waals surface area contributed by atoms with E-state index >= 15 is 0 Å². The zero-order valence-corrected chi connectivity index (χ0v) is 8.88. The van der Waals surface area contributed by atoms with E-state index < -0.39 is 0 Å². The van der Waals surface area contributed by atoms with Crippen LogP contribution in [0.3, 0.4) is 0 Å². The number of aromatic nitrogens is 2. The second kappa shape index (κ2) is 3.29. The van der Waals surface area contributed by atoms with E-state index in [1.54, 1.807) is 4.40 Å². The van der Waals surface area contributed by atoms with Gasteiger partial charge in [-0.15, -0.1) is 0 Å². The first-order valence-electron chi connectivity index (χ1n) is 3.65. The van der Waals surface area contributed by atoms with E-state index in [9.17, 15) is 0 Å². The van der Waals surface area contributed by atoms with Crippen LogP contribution in [0.25, 0.3) is 5.65 Å². The Morgan fingerprint density at radius 1 is 1.54 bits per heavy atom. The number of hydrogen-bond donors (Lipinski definition) is 1. The summed E-state index contributed by atoms with van der Waals surface area (Å²) in [7, 11) is 0. The van der Waals surface area contributed by atoms with Crippen LogP contribution in [0.2, 0.25) is 5.15 Å². The summed E-state index contributed by atoms with van der Waals surface area (Å²) in [6.45, 7) is -0.141. The molecule has 0 atom stereocenters. The Balaban J connectivity index is 2.77. The van der Waals surface area contributed by atoms with Crippen LogP contribution in [0.15, 0.2) is 22.8 Å². The molecule has 0 bridgehead atoms. The van der Waals surface area contributed by atoms with Crippen LogP contribution in [0.5, 0.6) is 0 Å². The minimum absolute atomic E-state index is 0.141. The SMILES string of the molecule is OCc1nc2ccc(Br)cn2c1Cl. The molecule has 2 heterocycles. The molecule has 13 heavy (non-hydrogen) atoms. The fraction of sp³-hybridized carbons (Fsp3) is 0.125. The topological polar surface area (TPSA) is 37.5 Å². The molecule has 0 amide bonds. The predicted molar refractivity (Wildman–Crippen MR) is 53.8 cm³/mol. The summed E-state index contributed by atoms with van der Waals surface area (Å²) in [5.74, 6) is 0. The first-order chi connectivity index (χ1) is 6.22. The minimum atomic E-state index is -0.141. The largest absolute Gasteiger partial charge is 0.390 e. The molecule has 2 aromatic heterocycles. The van der Waals surface area contributed by atoms with E-state index in [1.807, 2.05) is 18.3 Å². The monoisotopic (exact) mass is 260 g/mol. The zero-order chi connectivity index (χ0) is 9.42. The Hall–Kier alpha value is -0.580. The molecule has 0 aliphatic heterocycles. The van der Waals surface area contributed by atoms with Crippen LogP contribution in [-0.4, -0.2) is 14.5 Å². The second-order valence-corrected chi connectivity index (χ2v) is 3.86. The van der Waals surface area contributed by atoms with Gasteiger partial charge in [-0.3, -0.25) is 4.40 Å². The maximum atomic E-state index is 8.92. The maximum absolute atomic E-state index is 8.92. The van der Waals surface area contributed by atoms with Crippen molar-refractivity contribution in [3.05, 3.63) is 33.6 Å². The molecule has 0 unspecified atom stereocenters. The number of hydrogen-bond acceptors (Lipinski definition) is 2. The van der Waals surface area contributed by atoms with Gasteiger partial charge in [-0.05, 0) is 28.1 Å². The van der Waals surface area contributed by atoms with Crippen molar-refractivity contribution in [2.75, 3.05) is 0 Å². The number of imidazole rings is 1. The summed E-state index contributed by atoms with van der Waals surface area (Å²) in [6.07, 6.45) is 1.81. The minimum Gasteiger partial charge on any atom is -0.390 e. The van der Waals surface area contributed by atoms with Crippen molar-refractivity contribution in [3.63, 3.8) is 0 Å².